The van der Waals surface area contributed by atoms with Gasteiger partial charge >= 0.3 is 5.97 Å². The third-order valence-corrected chi connectivity index (χ3v) is 5.39. The molecular weight excluding hydrogens is 416 g/mol. The van der Waals surface area contributed by atoms with Crippen molar-refractivity contribution in [2.75, 3.05) is 17.6 Å². The number of Topliss-reactive ketones (excluding diaryl/α,β-unsaturated/α-hetero) is 1. The normalized spacial score (nSPS) is 11.2. The van der Waals surface area contributed by atoms with E-state index in [2.05, 4.69) is 4.72 Å². The third kappa shape index (κ3) is 5.21. The molecule has 0 aliphatic carbocycles. The molecule has 2 aromatic carbocycles. The number of ketones is 1. The zero-order chi connectivity index (χ0) is 22.8. The number of rotatable bonds is 7. The van der Waals surface area contributed by atoms with Gasteiger partial charge in [-0.15, -0.1) is 0 Å². The molecule has 162 valence electrons. The molecule has 1 N–H and O–H groups in total. The lowest BCUT2D eigenvalue weighted by atomic mass is 10.1. The average molecular weight is 441 g/mol. The molecule has 0 fully saturated rings. The van der Waals surface area contributed by atoms with Crippen LogP contribution in [0.15, 0.2) is 54.6 Å². The summed E-state index contributed by atoms with van der Waals surface area (Å²) in [5.41, 5.74) is 4.32. The van der Waals surface area contributed by atoms with Gasteiger partial charge in [-0.05, 0) is 51.1 Å². The van der Waals surface area contributed by atoms with E-state index in [4.69, 9.17) is 4.74 Å². The summed E-state index contributed by atoms with van der Waals surface area (Å²) in [6.45, 7) is 5.30. The second kappa shape index (κ2) is 8.77. The molecule has 31 heavy (non-hydrogen) atoms. The molecule has 1 aromatic heterocycles. The van der Waals surface area contributed by atoms with Crippen LogP contribution in [-0.4, -0.2) is 37.6 Å². The number of carbonyl (C=O) groups is 2. The van der Waals surface area contributed by atoms with Crippen molar-refractivity contribution < 1.29 is 22.7 Å². The smallest absolute Gasteiger partial charge is 0.340 e. The van der Waals surface area contributed by atoms with Crippen molar-refractivity contribution in [2.24, 2.45) is 0 Å². The molecule has 3 rings (SSSR count). The van der Waals surface area contributed by atoms with E-state index in [0.29, 0.717) is 5.56 Å². The molecule has 0 amide bonds. The Morgan fingerprint density at radius 1 is 0.968 bits per heavy atom. The number of esters is 1. The topological polar surface area (TPSA) is 94.5 Å². The molecule has 0 radical (unpaired) electrons. The van der Waals surface area contributed by atoms with Crippen molar-refractivity contribution >= 4 is 27.5 Å². The van der Waals surface area contributed by atoms with Gasteiger partial charge in [-0.25, -0.2) is 13.2 Å². The molecule has 7 nitrogen and oxygen atoms in total. The van der Waals surface area contributed by atoms with Gasteiger partial charge < -0.3 is 9.30 Å². The number of aromatic nitrogens is 1. The number of carbonyl (C=O) groups excluding carboxylic acids is 2. The number of para-hydroxylation sites is 1. The summed E-state index contributed by atoms with van der Waals surface area (Å²) in [6, 6.07) is 15.8. The molecule has 1 heterocycles. The standard InChI is InChI=1S/C23H24N2O5S/c1-15-9-11-18(12-10-15)25-16(2)13-20(17(25)3)22(26)14-30-23(27)19-7-5-6-8-21(19)24-31(4,28)29/h5-13,24H,14H2,1-4H3. The van der Waals surface area contributed by atoms with E-state index in [1.165, 1.54) is 12.1 Å². The largest absolute Gasteiger partial charge is 0.454 e. The van der Waals surface area contributed by atoms with Crippen LogP contribution in [0.3, 0.4) is 0 Å². The van der Waals surface area contributed by atoms with Crippen LogP contribution >= 0.6 is 0 Å². The van der Waals surface area contributed by atoms with Gasteiger partial charge in [-0.3, -0.25) is 9.52 Å². The van der Waals surface area contributed by atoms with E-state index in [9.17, 15) is 18.0 Å². The van der Waals surface area contributed by atoms with Crippen molar-refractivity contribution in [3.05, 3.63) is 82.7 Å². The molecule has 0 saturated carbocycles. The SMILES string of the molecule is Cc1ccc(-n2c(C)cc(C(=O)COC(=O)c3ccccc3NS(C)(=O)=O)c2C)cc1. The first-order valence-electron chi connectivity index (χ1n) is 9.60. The molecule has 0 unspecified atom stereocenters. The maximum Gasteiger partial charge on any atom is 0.340 e. The second-order valence-corrected chi connectivity index (χ2v) is 9.12. The van der Waals surface area contributed by atoms with Gasteiger partial charge in [0.25, 0.3) is 0 Å². The molecule has 8 heteroatoms. The Morgan fingerprint density at radius 3 is 2.26 bits per heavy atom. The molecule has 0 aliphatic rings. The first-order chi connectivity index (χ1) is 14.6. The van der Waals surface area contributed by atoms with E-state index in [1.54, 1.807) is 18.2 Å². The van der Waals surface area contributed by atoms with Gasteiger partial charge in [-0.2, -0.15) is 0 Å². The van der Waals surface area contributed by atoms with Crippen molar-refractivity contribution in [2.45, 2.75) is 20.8 Å². The van der Waals surface area contributed by atoms with Crippen LogP contribution in [0.1, 0.15) is 37.7 Å². The number of aryl methyl sites for hydroxylation is 2. The van der Waals surface area contributed by atoms with Crippen LogP contribution in [0.5, 0.6) is 0 Å². The zero-order valence-corrected chi connectivity index (χ0v) is 18.6. The first-order valence-corrected chi connectivity index (χ1v) is 11.5. The fraction of sp³-hybridized carbons (Fsp3) is 0.217. The highest BCUT2D eigenvalue weighted by Gasteiger charge is 2.20. The number of ether oxygens (including phenoxy) is 1. The summed E-state index contributed by atoms with van der Waals surface area (Å²) in [5, 5.41) is 0. The number of sulfonamides is 1. The monoisotopic (exact) mass is 440 g/mol. The molecule has 0 atom stereocenters. The minimum Gasteiger partial charge on any atom is -0.454 e. The van der Waals surface area contributed by atoms with Gasteiger partial charge in [0, 0.05) is 22.6 Å². The third-order valence-electron chi connectivity index (χ3n) is 4.80. The van der Waals surface area contributed by atoms with Crippen LogP contribution in [0, 0.1) is 20.8 Å². The van der Waals surface area contributed by atoms with Crippen molar-refractivity contribution in [1.29, 1.82) is 0 Å². The molecular formula is C23H24N2O5S. The predicted octanol–water partition coefficient (Wildman–Crippen LogP) is 3.81. The highest BCUT2D eigenvalue weighted by molar-refractivity contribution is 7.92. The van der Waals surface area contributed by atoms with Crippen LogP contribution in [0.2, 0.25) is 0 Å². The van der Waals surface area contributed by atoms with Gasteiger partial charge in [0.15, 0.2) is 6.61 Å². The number of benzene rings is 2. The van der Waals surface area contributed by atoms with Crippen molar-refractivity contribution in [1.82, 2.24) is 4.57 Å². The fourth-order valence-corrected chi connectivity index (χ4v) is 3.95. The molecule has 0 bridgehead atoms. The zero-order valence-electron chi connectivity index (χ0n) is 17.8. The predicted molar refractivity (Wildman–Crippen MR) is 120 cm³/mol. The minimum atomic E-state index is -3.57. The molecule has 0 spiro atoms. The second-order valence-electron chi connectivity index (χ2n) is 7.37. The van der Waals surface area contributed by atoms with Crippen LogP contribution in [0.4, 0.5) is 5.69 Å². The van der Waals surface area contributed by atoms with E-state index in [-0.39, 0.29) is 17.0 Å². The molecule has 0 saturated heterocycles. The molecule has 0 aliphatic heterocycles. The van der Waals surface area contributed by atoms with Gasteiger partial charge in [0.2, 0.25) is 15.8 Å². The number of hydrogen-bond acceptors (Lipinski definition) is 5. The van der Waals surface area contributed by atoms with Crippen LogP contribution < -0.4 is 4.72 Å². The van der Waals surface area contributed by atoms with Crippen LogP contribution in [-0.2, 0) is 14.8 Å². The Kier molecular flexibility index (Phi) is 6.31. The number of nitrogens with one attached hydrogen (secondary N) is 1. The van der Waals surface area contributed by atoms with Gasteiger partial charge in [0.05, 0.1) is 17.5 Å². The summed E-state index contributed by atoms with van der Waals surface area (Å²) < 4.78 is 32.5. The van der Waals surface area contributed by atoms with Crippen molar-refractivity contribution in [3.8, 4) is 5.69 Å². The van der Waals surface area contributed by atoms with Crippen molar-refractivity contribution in [3.63, 3.8) is 0 Å². The summed E-state index contributed by atoms with van der Waals surface area (Å²) >= 11 is 0. The Bertz CT molecular complexity index is 1240. The van der Waals surface area contributed by atoms with Gasteiger partial charge in [0.1, 0.15) is 0 Å². The Labute approximate surface area is 181 Å². The van der Waals surface area contributed by atoms with Crippen LogP contribution in [0.25, 0.3) is 5.69 Å². The lowest BCUT2D eigenvalue weighted by molar-refractivity contribution is 0.0475. The number of nitrogens with zero attached hydrogens (tertiary/aromatic N) is 1. The van der Waals surface area contributed by atoms with E-state index < -0.39 is 22.6 Å². The Balaban J connectivity index is 1.77. The highest BCUT2D eigenvalue weighted by Crippen LogP contribution is 2.22. The Morgan fingerprint density at radius 2 is 1.61 bits per heavy atom. The highest BCUT2D eigenvalue weighted by atomic mass is 32.2. The van der Waals surface area contributed by atoms with E-state index in [0.717, 1.165) is 28.9 Å². The minimum absolute atomic E-state index is 0.0332. The summed E-state index contributed by atoms with van der Waals surface area (Å²) in [7, 11) is -3.57. The fourth-order valence-electron chi connectivity index (χ4n) is 3.37. The maximum absolute atomic E-state index is 12.8. The van der Waals surface area contributed by atoms with E-state index >= 15 is 0 Å². The first kappa shape index (κ1) is 22.3. The van der Waals surface area contributed by atoms with E-state index in [1.807, 2.05) is 49.6 Å². The quantitative estimate of drug-likeness (QED) is 0.445. The van der Waals surface area contributed by atoms with Gasteiger partial charge in [-0.1, -0.05) is 29.8 Å². The number of hydrogen-bond donors (Lipinski definition) is 1. The maximum atomic E-state index is 12.8. The Hall–Kier alpha value is -3.39. The summed E-state index contributed by atoms with van der Waals surface area (Å²) in [6.07, 6.45) is 0.989. The molecule has 3 aromatic rings. The summed E-state index contributed by atoms with van der Waals surface area (Å²) in [4.78, 5) is 25.2. The lowest BCUT2D eigenvalue weighted by Gasteiger charge is -2.11. The summed E-state index contributed by atoms with van der Waals surface area (Å²) in [5.74, 6) is -1.12. The lowest BCUT2D eigenvalue weighted by Crippen LogP contribution is -2.18. The number of anilines is 1. The average Bonchev–Trinajstić information content (AvgIpc) is 3.00.